The number of nitrogens with zero attached hydrogens (tertiary/aromatic N) is 1. The molecule has 0 unspecified atom stereocenters. The molecule has 0 spiro atoms. The summed E-state index contributed by atoms with van der Waals surface area (Å²) in [6, 6.07) is 24.2. The fourth-order valence-electron chi connectivity index (χ4n) is 6.21. The summed E-state index contributed by atoms with van der Waals surface area (Å²) < 4.78 is 5.67. The van der Waals surface area contributed by atoms with Crippen LogP contribution in [0.4, 0.5) is 5.69 Å². The highest BCUT2D eigenvalue weighted by Gasteiger charge is 2.62. The van der Waals surface area contributed by atoms with Gasteiger partial charge in [0.25, 0.3) is 0 Å². The van der Waals surface area contributed by atoms with Crippen LogP contribution in [0.1, 0.15) is 43.8 Å². The first-order valence-electron chi connectivity index (χ1n) is 11.7. The molecule has 2 atom stereocenters. The molecule has 4 aromatic rings. The van der Waals surface area contributed by atoms with Crippen LogP contribution in [0.3, 0.4) is 0 Å². The lowest BCUT2D eigenvalue weighted by atomic mass is 9.55. The quantitative estimate of drug-likeness (QED) is 0.192. The SMILES string of the molecule is O=C(Oc1ccc(Cl)cc1N1C(=O)[C@@H]2C3c4ccccc4C(c4ccccc43)[C@H]2C1=O)c1cccs1. The highest BCUT2D eigenvalue weighted by Crippen LogP contribution is 2.61. The summed E-state index contributed by atoms with van der Waals surface area (Å²) in [5.74, 6) is -2.51. The van der Waals surface area contributed by atoms with E-state index in [1.54, 1.807) is 23.6 Å². The Morgan fingerprint density at radius 3 is 1.83 bits per heavy atom. The Bertz CT molecular complexity index is 1460. The van der Waals surface area contributed by atoms with Crippen molar-refractivity contribution in [2.24, 2.45) is 11.8 Å². The maximum absolute atomic E-state index is 14.1. The zero-order chi connectivity index (χ0) is 24.6. The predicted octanol–water partition coefficient (Wildman–Crippen LogP) is 6.02. The number of esters is 1. The minimum Gasteiger partial charge on any atom is -0.420 e. The van der Waals surface area contributed by atoms with E-state index in [4.69, 9.17) is 16.3 Å². The molecule has 4 aliphatic rings. The minimum absolute atomic E-state index is 0.125. The molecule has 2 heterocycles. The average Bonchev–Trinajstić information content (AvgIpc) is 3.53. The molecule has 1 aliphatic heterocycles. The molecule has 0 radical (unpaired) electrons. The minimum atomic E-state index is -0.551. The number of carbonyl (C=O) groups is 3. The summed E-state index contributed by atoms with van der Waals surface area (Å²) in [6.45, 7) is 0. The van der Waals surface area contributed by atoms with E-state index in [0.29, 0.717) is 9.90 Å². The Labute approximate surface area is 215 Å². The number of hydrogen-bond acceptors (Lipinski definition) is 5. The summed E-state index contributed by atoms with van der Waals surface area (Å²) in [5, 5.41) is 2.12. The first kappa shape index (κ1) is 21.5. The standard InChI is InChI=1S/C29H18ClNO4S/c30-15-11-12-21(35-29(34)22-10-5-13-36-22)20(14-15)31-27(32)25-23-16-6-1-2-7-17(16)24(26(25)28(31)33)19-9-4-3-8-18(19)23/h1-14,23-26H/t23?,24?,25-,26-/m1/s1. The van der Waals surface area contributed by atoms with Crippen molar-refractivity contribution < 1.29 is 19.1 Å². The molecule has 1 fully saturated rings. The van der Waals surface area contributed by atoms with E-state index in [9.17, 15) is 14.4 Å². The van der Waals surface area contributed by atoms with E-state index in [1.807, 2.05) is 24.3 Å². The fourth-order valence-corrected chi connectivity index (χ4v) is 6.98. The van der Waals surface area contributed by atoms with E-state index in [0.717, 1.165) is 22.3 Å². The van der Waals surface area contributed by atoms with E-state index in [-0.39, 0.29) is 35.1 Å². The second kappa shape index (κ2) is 7.88. The molecule has 8 rings (SSSR count). The largest absolute Gasteiger partial charge is 0.420 e. The maximum Gasteiger partial charge on any atom is 0.353 e. The van der Waals surface area contributed by atoms with Gasteiger partial charge >= 0.3 is 5.97 Å². The Hall–Kier alpha value is -3.74. The van der Waals surface area contributed by atoms with Crippen molar-refractivity contribution in [1.82, 2.24) is 0 Å². The highest BCUT2D eigenvalue weighted by molar-refractivity contribution is 7.12. The third kappa shape index (κ3) is 2.92. The highest BCUT2D eigenvalue weighted by atomic mass is 35.5. The molecule has 1 aromatic heterocycles. The van der Waals surface area contributed by atoms with Crippen LogP contribution in [0.5, 0.6) is 5.75 Å². The van der Waals surface area contributed by atoms with Gasteiger partial charge in [0, 0.05) is 16.9 Å². The number of rotatable bonds is 3. The van der Waals surface area contributed by atoms with Gasteiger partial charge in [-0.25, -0.2) is 9.69 Å². The average molecular weight is 512 g/mol. The third-order valence-corrected chi connectivity index (χ3v) is 8.62. The van der Waals surface area contributed by atoms with Crippen molar-refractivity contribution in [3.8, 4) is 5.75 Å². The second-order valence-corrected chi connectivity index (χ2v) is 10.6. The summed E-state index contributed by atoms with van der Waals surface area (Å²) in [4.78, 5) is 42.5. The lowest BCUT2D eigenvalue weighted by molar-refractivity contribution is -0.122. The molecule has 0 saturated carbocycles. The summed E-state index contributed by atoms with van der Waals surface area (Å²) in [5.41, 5.74) is 4.59. The molecule has 3 aliphatic carbocycles. The molecule has 1 saturated heterocycles. The molecule has 2 amide bonds. The van der Waals surface area contributed by atoms with Crippen LogP contribution in [0.25, 0.3) is 0 Å². The summed E-state index contributed by atoms with van der Waals surface area (Å²) in [7, 11) is 0. The van der Waals surface area contributed by atoms with Gasteiger partial charge < -0.3 is 4.74 Å². The Morgan fingerprint density at radius 2 is 1.33 bits per heavy atom. The molecular formula is C29H18ClNO4S. The lowest BCUT2D eigenvalue weighted by Gasteiger charge is -2.45. The van der Waals surface area contributed by atoms with Crippen molar-refractivity contribution in [2.75, 3.05) is 4.90 Å². The van der Waals surface area contributed by atoms with Gasteiger partial charge in [0.1, 0.15) is 4.88 Å². The number of ether oxygens (including phenoxy) is 1. The normalized spacial score (nSPS) is 23.3. The van der Waals surface area contributed by atoms with E-state index in [1.165, 1.54) is 28.4 Å². The van der Waals surface area contributed by atoms with Crippen molar-refractivity contribution in [3.63, 3.8) is 0 Å². The molecule has 3 aromatic carbocycles. The van der Waals surface area contributed by atoms with E-state index < -0.39 is 17.8 Å². The van der Waals surface area contributed by atoms with Crippen LogP contribution in [0, 0.1) is 11.8 Å². The Morgan fingerprint density at radius 1 is 0.778 bits per heavy atom. The van der Waals surface area contributed by atoms with E-state index in [2.05, 4.69) is 24.3 Å². The van der Waals surface area contributed by atoms with Crippen LogP contribution < -0.4 is 9.64 Å². The summed E-state index contributed by atoms with van der Waals surface area (Å²) in [6.07, 6.45) is 0. The topological polar surface area (TPSA) is 63.7 Å². The molecular weight excluding hydrogens is 494 g/mol. The van der Waals surface area contributed by atoms with Gasteiger partial charge in [-0.2, -0.15) is 0 Å². The molecule has 176 valence electrons. The molecule has 7 heteroatoms. The number of amides is 2. The smallest absolute Gasteiger partial charge is 0.353 e. The molecule has 5 nitrogen and oxygen atoms in total. The predicted molar refractivity (Wildman–Crippen MR) is 137 cm³/mol. The second-order valence-electron chi connectivity index (χ2n) is 9.26. The number of anilines is 1. The van der Waals surface area contributed by atoms with Crippen molar-refractivity contribution in [1.29, 1.82) is 0 Å². The third-order valence-electron chi connectivity index (χ3n) is 7.54. The summed E-state index contributed by atoms with van der Waals surface area (Å²) >= 11 is 7.56. The molecule has 2 bridgehead atoms. The zero-order valence-corrected chi connectivity index (χ0v) is 20.3. The van der Waals surface area contributed by atoms with Crippen molar-refractivity contribution in [2.45, 2.75) is 11.8 Å². The number of halogens is 1. The van der Waals surface area contributed by atoms with Gasteiger partial charge in [-0.1, -0.05) is 66.2 Å². The van der Waals surface area contributed by atoms with Gasteiger partial charge in [-0.3, -0.25) is 9.59 Å². The molecule has 0 N–H and O–H groups in total. The van der Waals surface area contributed by atoms with Crippen LogP contribution in [0.15, 0.2) is 84.2 Å². The monoisotopic (exact) mass is 511 g/mol. The number of imide groups is 1. The van der Waals surface area contributed by atoms with Crippen LogP contribution >= 0.6 is 22.9 Å². The Kier molecular flexibility index (Phi) is 4.72. The zero-order valence-electron chi connectivity index (χ0n) is 18.8. The van der Waals surface area contributed by atoms with Crippen LogP contribution in [-0.4, -0.2) is 17.8 Å². The number of thiophene rings is 1. The number of hydrogen-bond donors (Lipinski definition) is 0. The lowest BCUT2D eigenvalue weighted by Crippen LogP contribution is -2.41. The number of carbonyl (C=O) groups excluding carboxylic acids is 3. The maximum atomic E-state index is 14.1. The first-order valence-corrected chi connectivity index (χ1v) is 12.9. The van der Waals surface area contributed by atoms with Gasteiger partial charge in [0.15, 0.2) is 5.75 Å². The van der Waals surface area contributed by atoms with E-state index >= 15 is 0 Å². The van der Waals surface area contributed by atoms with Gasteiger partial charge in [-0.15, -0.1) is 11.3 Å². The van der Waals surface area contributed by atoms with Gasteiger partial charge in [-0.05, 0) is 51.9 Å². The van der Waals surface area contributed by atoms with Gasteiger partial charge in [0.05, 0.1) is 17.5 Å². The van der Waals surface area contributed by atoms with Gasteiger partial charge in [0.2, 0.25) is 11.8 Å². The Balaban J connectivity index is 1.35. The van der Waals surface area contributed by atoms with Crippen molar-refractivity contribution in [3.05, 3.63) is 116 Å². The first-order chi connectivity index (χ1) is 17.5. The fraction of sp³-hybridized carbons (Fsp3) is 0.138. The number of benzene rings is 3. The van der Waals surface area contributed by atoms with Crippen LogP contribution in [0.2, 0.25) is 5.02 Å². The van der Waals surface area contributed by atoms with Crippen molar-refractivity contribution >= 4 is 46.4 Å². The van der Waals surface area contributed by atoms with Crippen LogP contribution in [-0.2, 0) is 9.59 Å². The molecule has 36 heavy (non-hydrogen) atoms.